The Morgan fingerprint density at radius 1 is 0.800 bits per heavy atom. The second-order valence-corrected chi connectivity index (χ2v) is 8.35. The van der Waals surface area contributed by atoms with Crippen molar-refractivity contribution in [1.29, 1.82) is 0 Å². The molecule has 12 nitrogen and oxygen atoms in total. The summed E-state index contributed by atoms with van der Waals surface area (Å²) in [6.45, 7) is 0. The minimum atomic E-state index is -2.00. The molecule has 0 fully saturated rings. The maximum Gasteiger partial charge on any atom is 0.344 e. The van der Waals surface area contributed by atoms with Gasteiger partial charge in [-0.15, -0.1) is 0 Å². The van der Waals surface area contributed by atoms with Crippen LogP contribution in [0.5, 0.6) is 5.75 Å². The highest BCUT2D eigenvalue weighted by atomic mass is 16.6. The fourth-order valence-corrected chi connectivity index (χ4v) is 3.75. The smallest absolute Gasteiger partial charge is 0.344 e. The van der Waals surface area contributed by atoms with Crippen LogP contribution in [0.4, 0.5) is 11.4 Å². The van der Waals surface area contributed by atoms with Gasteiger partial charge in [-0.25, -0.2) is 10.2 Å². The van der Waals surface area contributed by atoms with E-state index in [9.17, 15) is 34.9 Å². The predicted molar refractivity (Wildman–Crippen MR) is 143 cm³/mol. The van der Waals surface area contributed by atoms with Gasteiger partial charge in [0.25, 0.3) is 17.3 Å². The molecule has 0 unspecified atom stereocenters. The molecule has 12 heteroatoms. The fraction of sp³-hybridized carbons (Fsp3) is 0.0357. The Hall–Kier alpha value is -5.75. The number of nitrogens with one attached hydrogen (secondary N) is 1. The molecular weight excluding hydrogens is 520 g/mol. The molecule has 0 aliphatic heterocycles. The van der Waals surface area contributed by atoms with Crippen LogP contribution in [0, 0.1) is 20.2 Å². The maximum atomic E-state index is 13.1. The number of hydrazone groups is 1. The molecule has 0 bridgehead atoms. The van der Waals surface area contributed by atoms with Crippen LogP contribution in [0.15, 0.2) is 108 Å². The van der Waals surface area contributed by atoms with Crippen molar-refractivity contribution in [3.63, 3.8) is 0 Å². The normalized spacial score (nSPS) is 11.1. The third-order valence-corrected chi connectivity index (χ3v) is 5.74. The molecule has 4 rings (SSSR count). The Morgan fingerprint density at radius 2 is 1.30 bits per heavy atom. The van der Waals surface area contributed by atoms with Crippen molar-refractivity contribution in [2.75, 3.05) is 0 Å². The number of carbonyl (C=O) groups is 2. The average molecular weight is 540 g/mol. The zero-order valence-electron chi connectivity index (χ0n) is 20.5. The van der Waals surface area contributed by atoms with Gasteiger partial charge in [-0.05, 0) is 41.0 Å². The quantitative estimate of drug-likeness (QED) is 0.105. The summed E-state index contributed by atoms with van der Waals surface area (Å²) in [5.41, 5.74) is -0.0540. The maximum absolute atomic E-state index is 13.1. The third-order valence-electron chi connectivity index (χ3n) is 5.74. The number of carbonyl (C=O) groups excluding carboxylic acids is 2. The van der Waals surface area contributed by atoms with E-state index in [1.165, 1.54) is 30.5 Å². The molecule has 4 aromatic rings. The number of benzene rings is 4. The second kappa shape index (κ2) is 11.8. The first-order valence-corrected chi connectivity index (χ1v) is 11.6. The molecule has 0 aliphatic rings. The molecule has 2 N–H and O–H groups in total. The molecule has 0 saturated carbocycles. The van der Waals surface area contributed by atoms with Crippen molar-refractivity contribution in [1.82, 2.24) is 5.43 Å². The van der Waals surface area contributed by atoms with Gasteiger partial charge < -0.3 is 9.84 Å². The summed E-state index contributed by atoms with van der Waals surface area (Å²) in [6.07, 6.45) is 1.31. The first-order valence-electron chi connectivity index (χ1n) is 11.6. The zero-order chi connectivity index (χ0) is 28.7. The summed E-state index contributed by atoms with van der Waals surface area (Å²) in [7, 11) is 0. The highest BCUT2D eigenvalue weighted by molar-refractivity contribution is 5.93. The summed E-state index contributed by atoms with van der Waals surface area (Å²) < 4.78 is 5.18. The molecule has 1 amide bonds. The minimum Gasteiger partial charge on any atom is -0.423 e. The molecule has 4 aromatic carbocycles. The van der Waals surface area contributed by atoms with Gasteiger partial charge >= 0.3 is 5.97 Å². The van der Waals surface area contributed by atoms with E-state index in [2.05, 4.69) is 10.5 Å². The highest BCUT2D eigenvalue weighted by Crippen LogP contribution is 2.30. The molecule has 200 valence electrons. The number of hydrogen-bond donors (Lipinski definition) is 2. The lowest BCUT2D eigenvalue weighted by Crippen LogP contribution is -2.43. The van der Waals surface area contributed by atoms with E-state index in [-0.39, 0.29) is 11.3 Å². The molecule has 0 aliphatic carbocycles. The van der Waals surface area contributed by atoms with Crippen molar-refractivity contribution in [2.45, 2.75) is 5.60 Å². The van der Waals surface area contributed by atoms with Crippen LogP contribution in [0.2, 0.25) is 0 Å². The van der Waals surface area contributed by atoms with Crippen LogP contribution in [0.25, 0.3) is 0 Å². The largest absolute Gasteiger partial charge is 0.423 e. The van der Waals surface area contributed by atoms with E-state index >= 15 is 0 Å². The standard InChI is InChI=1S/C28H20N4O8/c33-26(20-15-23(31(36)37)17-24(16-20)32(38)39)40-25-13-11-19(12-14-25)18-29-30-27(34)28(35,21-7-3-1-4-8-21)22-9-5-2-6-10-22/h1-18,35H,(H,30,34). The Morgan fingerprint density at radius 3 is 1.77 bits per heavy atom. The van der Waals surface area contributed by atoms with E-state index in [1.54, 1.807) is 60.7 Å². The number of rotatable bonds is 9. The monoisotopic (exact) mass is 540 g/mol. The Kier molecular flexibility index (Phi) is 8.02. The Bertz CT molecular complexity index is 1520. The molecule has 0 atom stereocenters. The zero-order valence-corrected chi connectivity index (χ0v) is 20.5. The number of amides is 1. The molecule has 0 spiro atoms. The lowest BCUT2D eigenvalue weighted by atomic mass is 9.85. The summed E-state index contributed by atoms with van der Waals surface area (Å²) in [5.74, 6) is -1.75. The van der Waals surface area contributed by atoms with Gasteiger partial charge in [0.2, 0.25) is 0 Å². The van der Waals surface area contributed by atoms with Crippen molar-refractivity contribution in [3.8, 4) is 5.75 Å². The van der Waals surface area contributed by atoms with Crippen molar-refractivity contribution < 1.29 is 29.3 Å². The number of ether oxygens (including phenoxy) is 1. The van der Waals surface area contributed by atoms with Crippen LogP contribution in [-0.2, 0) is 10.4 Å². The molecule has 40 heavy (non-hydrogen) atoms. The van der Waals surface area contributed by atoms with Crippen LogP contribution in [-0.4, -0.2) is 33.0 Å². The average Bonchev–Trinajstić information content (AvgIpc) is 2.98. The number of esters is 1. The number of nitro benzene ring substituents is 2. The summed E-state index contributed by atoms with van der Waals surface area (Å²) in [4.78, 5) is 45.9. The summed E-state index contributed by atoms with van der Waals surface area (Å²) >= 11 is 0. The molecule has 0 aromatic heterocycles. The van der Waals surface area contributed by atoms with Crippen LogP contribution in [0.3, 0.4) is 0 Å². The first-order chi connectivity index (χ1) is 19.2. The molecule has 0 heterocycles. The Balaban J connectivity index is 1.46. The van der Waals surface area contributed by atoms with Gasteiger partial charge in [-0.3, -0.25) is 25.0 Å². The molecule has 0 radical (unpaired) electrons. The lowest BCUT2D eigenvalue weighted by molar-refractivity contribution is -0.394. The van der Waals surface area contributed by atoms with Gasteiger partial charge in [-0.2, -0.15) is 5.10 Å². The van der Waals surface area contributed by atoms with Gasteiger partial charge in [0.1, 0.15) is 5.75 Å². The number of hydrogen-bond acceptors (Lipinski definition) is 9. The third kappa shape index (κ3) is 6.03. The molecule has 0 saturated heterocycles. The number of nitrogens with zero attached hydrogens (tertiary/aromatic N) is 3. The second-order valence-electron chi connectivity index (χ2n) is 8.35. The van der Waals surface area contributed by atoms with Gasteiger partial charge in [-0.1, -0.05) is 60.7 Å². The van der Waals surface area contributed by atoms with Gasteiger partial charge in [0, 0.05) is 12.1 Å². The highest BCUT2D eigenvalue weighted by Gasteiger charge is 2.39. The molecular formula is C28H20N4O8. The topological polar surface area (TPSA) is 174 Å². The van der Waals surface area contributed by atoms with Gasteiger partial charge in [0.15, 0.2) is 5.60 Å². The van der Waals surface area contributed by atoms with E-state index in [1.807, 2.05) is 0 Å². The van der Waals surface area contributed by atoms with Crippen LogP contribution >= 0.6 is 0 Å². The Labute approximate surface area is 226 Å². The van der Waals surface area contributed by atoms with Crippen LogP contribution < -0.4 is 10.2 Å². The minimum absolute atomic E-state index is 0.0582. The van der Waals surface area contributed by atoms with E-state index in [4.69, 9.17) is 4.74 Å². The lowest BCUT2D eigenvalue weighted by Gasteiger charge is -2.27. The van der Waals surface area contributed by atoms with Crippen molar-refractivity contribution >= 4 is 29.5 Å². The van der Waals surface area contributed by atoms with E-state index in [0.29, 0.717) is 16.7 Å². The van der Waals surface area contributed by atoms with Crippen LogP contribution in [0.1, 0.15) is 27.0 Å². The summed E-state index contributed by atoms with van der Waals surface area (Å²) in [6, 6.07) is 25.2. The van der Waals surface area contributed by atoms with E-state index in [0.717, 1.165) is 18.2 Å². The fourth-order valence-electron chi connectivity index (χ4n) is 3.75. The van der Waals surface area contributed by atoms with E-state index < -0.39 is 38.7 Å². The SMILES string of the molecule is O=C(Oc1ccc(C=NNC(=O)C(O)(c2ccccc2)c2ccccc2)cc1)c1cc([N+](=O)[O-])cc([N+](=O)[O-])c1. The van der Waals surface area contributed by atoms with Gasteiger partial charge in [0.05, 0.1) is 27.7 Å². The predicted octanol–water partition coefficient (Wildman–Crippen LogP) is 4.11. The number of non-ortho nitro benzene ring substituents is 2. The summed E-state index contributed by atoms with van der Waals surface area (Å²) in [5, 5.41) is 37.5. The van der Waals surface area contributed by atoms with Crippen molar-refractivity contribution in [2.24, 2.45) is 5.10 Å². The van der Waals surface area contributed by atoms with Crippen molar-refractivity contribution in [3.05, 3.63) is 146 Å². The number of nitro groups is 2. The number of aliphatic hydroxyl groups is 1. The first kappa shape index (κ1) is 27.3.